The van der Waals surface area contributed by atoms with Gasteiger partial charge < -0.3 is 10.0 Å². The van der Waals surface area contributed by atoms with Crippen molar-refractivity contribution >= 4 is 17.3 Å². The van der Waals surface area contributed by atoms with Gasteiger partial charge >= 0.3 is 5.97 Å². The van der Waals surface area contributed by atoms with Crippen LogP contribution in [0.3, 0.4) is 0 Å². The van der Waals surface area contributed by atoms with Gasteiger partial charge in [-0.05, 0) is 24.8 Å². The number of anilines is 1. The van der Waals surface area contributed by atoms with Crippen molar-refractivity contribution in [3.05, 3.63) is 33.9 Å². The lowest BCUT2D eigenvalue weighted by molar-refractivity contribution is -0.384. The van der Waals surface area contributed by atoms with Crippen LogP contribution in [0.4, 0.5) is 11.4 Å². The summed E-state index contributed by atoms with van der Waals surface area (Å²) in [4.78, 5) is 23.7. The second-order valence-electron chi connectivity index (χ2n) is 5.54. The van der Waals surface area contributed by atoms with E-state index in [0.29, 0.717) is 17.6 Å². The first-order valence-corrected chi connectivity index (χ1v) is 6.68. The number of nitrogens with zero attached hydrogens (tertiary/aromatic N) is 2. The first-order chi connectivity index (χ1) is 9.40. The van der Waals surface area contributed by atoms with Crippen molar-refractivity contribution in [2.45, 2.75) is 32.7 Å². The molecule has 2 rings (SSSR count). The third-order valence-electron chi connectivity index (χ3n) is 3.28. The average Bonchev–Trinajstić information content (AvgIpc) is 3.19. The lowest BCUT2D eigenvalue weighted by atomic mass is 10.1. The Hall–Kier alpha value is -2.11. The molecule has 0 saturated heterocycles. The Kier molecular flexibility index (Phi) is 3.92. The van der Waals surface area contributed by atoms with Crippen LogP contribution in [-0.4, -0.2) is 28.6 Å². The molecule has 0 bridgehead atoms. The van der Waals surface area contributed by atoms with E-state index in [1.54, 1.807) is 6.07 Å². The highest BCUT2D eigenvalue weighted by atomic mass is 16.6. The van der Waals surface area contributed by atoms with Crippen molar-refractivity contribution in [2.75, 3.05) is 11.4 Å². The number of rotatable bonds is 6. The molecule has 6 heteroatoms. The zero-order chi connectivity index (χ0) is 14.9. The summed E-state index contributed by atoms with van der Waals surface area (Å²) in [5.41, 5.74) is 0.400. The Morgan fingerprint density at radius 1 is 1.50 bits per heavy atom. The summed E-state index contributed by atoms with van der Waals surface area (Å²) in [6, 6.07) is 4.43. The van der Waals surface area contributed by atoms with E-state index in [-0.39, 0.29) is 11.3 Å². The summed E-state index contributed by atoms with van der Waals surface area (Å²) in [6.45, 7) is 4.89. The number of nitro groups is 1. The fourth-order valence-corrected chi connectivity index (χ4v) is 2.28. The van der Waals surface area contributed by atoms with E-state index < -0.39 is 10.9 Å². The second kappa shape index (κ2) is 5.48. The molecule has 0 aliphatic heterocycles. The maximum atomic E-state index is 11.4. The number of carboxylic acid groups (broad SMARTS) is 1. The number of hydrogen-bond acceptors (Lipinski definition) is 4. The molecule has 1 fully saturated rings. The predicted molar refractivity (Wildman–Crippen MR) is 75.3 cm³/mol. The molecule has 0 spiro atoms. The fourth-order valence-electron chi connectivity index (χ4n) is 2.28. The Bertz CT molecular complexity index is 538. The van der Waals surface area contributed by atoms with Crippen molar-refractivity contribution in [1.29, 1.82) is 0 Å². The number of non-ortho nitro benzene ring substituents is 1. The van der Waals surface area contributed by atoms with Crippen LogP contribution in [0.15, 0.2) is 18.2 Å². The van der Waals surface area contributed by atoms with Gasteiger partial charge in [-0.15, -0.1) is 0 Å². The van der Waals surface area contributed by atoms with Crippen LogP contribution in [-0.2, 0) is 0 Å². The molecule has 1 N–H and O–H groups in total. The Morgan fingerprint density at radius 2 is 2.15 bits per heavy atom. The number of benzene rings is 1. The molecule has 0 aromatic heterocycles. The molecule has 108 valence electrons. The summed E-state index contributed by atoms with van der Waals surface area (Å²) in [7, 11) is 0. The van der Waals surface area contributed by atoms with E-state index in [4.69, 9.17) is 0 Å². The predicted octanol–water partition coefficient (Wildman–Crippen LogP) is 2.92. The molecule has 0 atom stereocenters. The van der Waals surface area contributed by atoms with Gasteiger partial charge in [0.2, 0.25) is 0 Å². The minimum Gasteiger partial charge on any atom is -0.478 e. The smallest absolute Gasteiger partial charge is 0.338 e. The molecule has 6 nitrogen and oxygen atoms in total. The van der Waals surface area contributed by atoms with Gasteiger partial charge in [0.1, 0.15) is 0 Å². The molecular formula is C14H18N2O4. The monoisotopic (exact) mass is 278 g/mol. The maximum Gasteiger partial charge on any atom is 0.338 e. The van der Waals surface area contributed by atoms with Crippen molar-refractivity contribution in [3.63, 3.8) is 0 Å². The fraction of sp³-hybridized carbons (Fsp3) is 0.500. The van der Waals surface area contributed by atoms with Crippen LogP contribution in [0, 0.1) is 16.0 Å². The molecule has 1 aliphatic rings. The largest absolute Gasteiger partial charge is 0.478 e. The van der Waals surface area contributed by atoms with Crippen molar-refractivity contribution in [3.8, 4) is 0 Å². The second-order valence-corrected chi connectivity index (χ2v) is 5.54. The van der Waals surface area contributed by atoms with Crippen LogP contribution < -0.4 is 4.90 Å². The highest BCUT2D eigenvalue weighted by Crippen LogP contribution is 2.35. The quantitative estimate of drug-likeness (QED) is 0.639. The molecule has 1 saturated carbocycles. The van der Waals surface area contributed by atoms with Gasteiger partial charge in [0.15, 0.2) is 0 Å². The average molecular weight is 278 g/mol. The van der Waals surface area contributed by atoms with E-state index in [9.17, 15) is 20.0 Å². The highest BCUT2D eigenvalue weighted by Gasteiger charge is 2.32. The number of hydrogen-bond donors (Lipinski definition) is 1. The van der Waals surface area contributed by atoms with Gasteiger partial charge in [-0.3, -0.25) is 10.1 Å². The first-order valence-electron chi connectivity index (χ1n) is 6.68. The van der Waals surface area contributed by atoms with Crippen molar-refractivity contribution in [2.24, 2.45) is 5.92 Å². The summed E-state index contributed by atoms with van der Waals surface area (Å²) in [6.07, 6.45) is 2.09. The Labute approximate surface area is 117 Å². The minimum absolute atomic E-state index is 0.00625. The van der Waals surface area contributed by atoms with E-state index in [2.05, 4.69) is 18.7 Å². The normalized spacial score (nSPS) is 14.3. The molecule has 1 aromatic rings. The molecule has 1 aliphatic carbocycles. The van der Waals surface area contributed by atoms with E-state index in [1.165, 1.54) is 6.07 Å². The minimum atomic E-state index is -1.13. The van der Waals surface area contributed by atoms with E-state index in [0.717, 1.165) is 25.5 Å². The number of carbonyl (C=O) groups is 1. The number of nitro benzene ring substituents is 1. The van der Waals surface area contributed by atoms with Crippen LogP contribution >= 0.6 is 0 Å². The number of aromatic carboxylic acids is 1. The van der Waals surface area contributed by atoms with Crippen molar-refractivity contribution in [1.82, 2.24) is 0 Å². The van der Waals surface area contributed by atoms with Gasteiger partial charge in [0, 0.05) is 24.7 Å². The van der Waals surface area contributed by atoms with Gasteiger partial charge in [-0.2, -0.15) is 0 Å². The maximum absolute atomic E-state index is 11.4. The molecule has 1 aromatic carbocycles. The zero-order valence-corrected chi connectivity index (χ0v) is 11.6. The SMILES string of the molecule is CC(C)CN(c1ccc([N+](=O)[O-])cc1C(=O)O)C1CC1. The van der Waals surface area contributed by atoms with Crippen LogP contribution in [0.5, 0.6) is 0 Å². The third-order valence-corrected chi connectivity index (χ3v) is 3.28. The van der Waals surface area contributed by atoms with Crippen LogP contribution in [0.2, 0.25) is 0 Å². The van der Waals surface area contributed by atoms with Gasteiger partial charge in [0.25, 0.3) is 5.69 Å². The highest BCUT2D eigenvalue weighted by molar-refractivity contribution is 5.95. The lowest BCUT2D eigenvalue weighted by Gasteiger charge is -2.27. The summed E-state index contributed by atoms with van der Waals surface area (Å²) in [5, 5.41) is 20.1. The summed E-state index contributed by atoms with van der Waals surface area (Å²) >= 11 is 0. The summed E-state index contributed by atoms with van der Waals surface area (Å²) < 4.78 is 0. The van der Waals surface area contributed by atoms with Gasteiger partial charge in [-0.1, -0.05) is 13.8 Å². The van der Waals surface area contributed by atoms with E-state index >= 15 is 0 Å². The van der Waals surface area contributed by atoms with Gasteiger partial charge in [-0.25, -0.2) is 4.79 Å². The zero-order valence-electron chi connectivity index (χ0n) is 11.6. The Balaban J connectivity index is 2.42. The molecule has 0 amide bonds. The number of carboxylic acids is 1. The molecule has 0 unspecified atom stereocenters. The van der Waals surface area contributed by atoms with Crippen molar-refractivity contribution < 1.29 is 14.8 Å². The van der Waals surface area contributed by atoms with E-state index in [1.807, 2.05) is 0 Å². The molecule has 0 heterocycles. The first kappa shape index (κ1) is 14.3. The lowest BCUT2D eigenvalue weighted by Crippen LogP contribution is -2.31. The van der Waals surface area contributed by atoms with Gasteiger partial charge in [0.05, 0.1) is 16.2 Å². The Morgan fingerprint density at radius 3 is 2.60 bits per heavy atom. The summed E-state index contributed by atoms with van der Waals surface area (Å²) in [5.74, 6) is -0.731. The third kappa shape index (κ3) is 3.07. The van der Waals surface area contributed by atoms with Crippen LogP contribution in [0.1, 0.15) is 37.0 Å². The standard InChI is InChI=1S/C14H18N2O4/c1-9(2)8-15(10-3-4-10)13-6-5-11(16(19)20)7-12(13)14(17)18/h5-7,9-10H,3-4,8H2,1-2H3,(H,17,18). The topological polar surface area (TPSA) is 83.7 Å². The molecule has 0 radical (unpaired) electrons. The van der Waals surface area contributed by atoms with Crippen LogP contribution in [0.25, 0.3) is 0 Å². The molecule has 20 heavy (non-hydrogen) atoms. The molecular weight excluding hydrogens is 260 g/mol.